The molecule has 2 N–H and O–H groups in total. The van der Waals surface area contributed by atoms with Crippen molar-refractivity contribution >= 4 is 0 Å². The van der Waals surface area contributed by atoms with Crippen LogP contribution in [0.4, 0.5) is 8.78 Å². The Labute approximate surface area is 95.3 Å². The Morgan fingerprint density at radius 3 is 2.31 bits per heavy atom. The summed E-state index contributed by atoms with van der Waals surface area (Å²) in [6.07, 6.45) is 5.29. The number of hydrogen-bond donors (Lipinski definition) is 1. The van der Waals surface area contributed by atoms with Crippen molar-refractivity contribution < 1.29 is 8.78 Å². The van der Waals surface area contributed by atoms with Crippen LogP contribution in [-0.4, -0.2) is 6.54 Å². The highest BCUT2D eigenvalue weighted by molar-refractivity contribution is 5.09. The molecule has 1 aromatic carbocycles. The Morgan fingerprint density at radius 2 is 1.94 bits per heavy atom. The lowest BCUT2D eigenvalue weighted by atomic mass is 10.3. The molecule has 0 spiro atoms. The Balaban J connectivity index is 0.000000288. The van der Waals surface area contributed by atoms with E-state index in [1.807, 2.05) is 0 Å². The third-order valence-corrected chi connectivity index (χ3v) is 1.62. The quantitative estimate of drug-likeness (QED) is 0.781. The summed E-state index contributed by atoms with van der Waals surface area (Å²) in [4.78, 5) is 0. The molecule has 0 heterocycles. The molecule has 0 fully saturated rings. The highest BCUT2D eigenvalue weighted by Crippen LogP contribution is 1.97. The van der Waals surface area contributed by atoms with Crippen LogP contribution in [0.5, 0.6) is 0 Å². The van der Waals surface area contributed by atoms with E-state index >= 15 is 0 Å². The Kier molecular flexibility index (Phi) is 9.12. The van der Waals surface area contributed by atoms with Gasteiger partial charge < -0.3 is 5.73 Å². The van der Waals surface area contributed by atoms with Crippen LogP contribution in [0.2, 0.25) is 0 Å². The molecule has 1 aromatic rings. The molecule has 0 aliphatic carbocycles. The van der Waals surface area contributed by atoms with Crippen molar-refractivity contribution in [2.75, 3.05) is 6.54 Å². The van der Waals surface area contributed by atoms with E-state index in [0.717, 1.165) is 6.42 Å². The number of rotatable bonds is 3. The average Bonchev–Trinajstić information content (AvgIpc) is 2.31. The SMILES string of the molecule is C/C=C(F)\C=C/CCN.Fc1ccccc1. The first-order valence-corrected chi connectivity index (χ1v) is 5.09. The van der Waals surface area contributed by atoms with Crippen molar-refractivity contribution in [3.8, 4) is 0 Å². The molecule has 0 radical (unpaired) electrons. The van der Waals surface area contributed by atoms with Crippen molar-refractivity contribution in [1.29, 1.82) is 0 Å². The van der Waals surface area contributed by atoms with Crippen LogP contribution in [0.15, 0.2) is 54.4 Å². The van der Waals surface area contributed by atoms with Crippen molar-refractivity contribution in [3.63, 3.8) is 0 Å². The number of hydrogen-bond acceptors (Lipinski definition) is 1. The molecule has 0 unspecified atom stereocenters. The molecule has 0 saturated carbocycles. The fourth-order valence-corrected chi connectivity index (χ4v) is 0.803. The second kappa shape index (κ2) is 10.1. The molecule has 88 valence electrons. The van der Waals surface area contributed by atoms with Gasteiger partial charge in [-0.2, -0.15) is 0 Å². The molecule has 0 aromatic heterocycles. The van der Waals surface area contributed by atoms with Gasteiger partial charge in [-0.1, -0.05) is 30.4 Å². The zero-order valence-corrected chi connectivity index (χ0v) is 9.37. The molecule has 0 amide bonds. The number of nitrogens with two attached hydrogens (primary N) is 1. The van der Waals surface area contributed by atoms with E-state index in [0.29, 0.717) is 6.54 Å². The summed E-state index contributed by atoms with van der Waals surface area (Å²) in [7, 11) is 0. The molecule has 0 saturated heterocycles. The maximum absolute atomic E-state index is 12.2. The summed E-state index contributed by atoms with van der Waals surface area (Å²) in [5, 5.41) is 0. The van der Waals surface area contributed by atoms with Crippen LogP contribution in [0.1, 0.15) is 13.3 Å². The monoisotopic (exact) mass is 225 g/mol. The van der Waals surface area contributed by atoms with E-state index in [9.17, 15) is 8.78 Å². The van der Waals surface area contributed by atoms with E-state index < -0.39 is 0 Å². The molecule has 3 heteroatoms. The molecule has 1 rings (SSSR count). The summed E-state index contributed by atoms with van der Waals surface area (Å²) < 4.78 is 24.1. The third-order valence-electron chi connectivity index (χ3n) is 1.62. The van der Waals surface area contributed by atoms with Crippen LogP contribution >= 0.6 is 0 Å². The van der Waals surface area contributed by atoms with Gasteiger partial charge in [-0.05, 0) is 38.1 Å². The fraction of sp³-hybridized carbons (Fsp3) is 0.231. The van der Waals surface area contributed by atoms with Gasteiger partial charge in [0.1, 0.15) is 11.6 Å². The van der Waals surface area contributed by atoms with Crippen LogP contribution < -0.4 is 5.73 Å². The zero-order valence-electron chi connectivity index (χ0n) is 9.37. The minimum Gasteiger partial charge on any atom is -0.330 e. The summed E-state index contributed by atoms with van der Waals surface area (Å²) in [5.74, 6) is -0.383. The highest BCUT2D eigenvalue weighted by atomic mass is 19.1. The Hall–Kier alpha value is -1.48. The predicted octanol–water partition coefficient (Wildman–Crippen LogP) is 3.59. The van der Waals surface area contributed by atoms with E-state index in [4.69, 9.17) is 5.73 Å². The first kappa shape index (κ1) is 14.5. The van der Waals surface area contributed by atoms with Gasteiger partial charge in [-0.3, -0.25) is 0 Å². The summed E-state index contributed by atoms with van der Waals surface area (Å²) in [5.41, 5.74) is 5.16. The lowest BCUT2D eigenvalue weighted by molar-refractivity contribution is 0.628. The lowest BCUT2D eigenvalue weighted by Gasteiger charge is -1.83. The molecule has 1 nitrogen and oxygen atoms in total. The molecular formula is C13H17F2N. The van der Waals surface area contributed by atoms with Crippen LogP contribution in [-0.2, 0) is 0 Å². The van der Waals surface area contributed by atoms with Gasteiger partial charge in [0, 0.05) is 0 Å². The van der Waals surface area contributed by atoms with Gasteiger partial charge in [0.15, 0.2) is 0 Å². The molecule has 0 aliphatic rings. The van der Waals surface area contributed by atoms with E-state index in [1.54, 1.807) is 31.2 Å². The summed E-state index contributed by atoms with van der Waals surface area (Å²) in [6.45, 7) is 2.23. The number of allylic oxidation sites excluding steroid dienone is 3. The standard InChI is InChI=1S/C7H12FN.C6H5F/c1-2-7(8)5-3-4-6-9;7-6-4-2-1-3-5-6/h2-3,5H,4,6,9H2,1H3;1-5H/b5-3-,7-2+;. The maximum Gasteiger partial charge on any atom is 0.123 e. The molecule has 16 heavy (non-hydrogen) atoms. The third kappa shape index (κ3) is 9.09. The van der Waals surface area contributed by atoms with Gasteiger partial charge in [0.25, 0.3) is 0 Å². The minimum absolute atomic E-state index is 0.178. The van der Waals surface area contributed by atoms with Gasteiger partial charge in [0.05, 0.1) is 0 Å². The normalized spacial score (nSPS) is 11.1. The fourth-order valence-electron chi connectivity index (χ4n) is 0.803. The van der Waals surface area contributed by atoms with E-state index in [2.05, 4.69) is 0 Å². The second-order valence-electron chi connectivity index (χ2n) is 2.95. The Morgan fingerprint density at radius 1 is 1.31 bits per heavy atom. The largest absolute Gasteiger partial charge is 0.330 e. The van der Waals surface area contributed by atoms with Gasteiger partial charge >= 0.3 is 0 Å². The van der Waals surface area contributed by atoms with Crippen LogP contribution in [0.3, 0.4) is 0 Å². The van der Waals surface area contributed by atoms with Gasteiger partial charge in [0.2, 0.25) is 0 Å². The topological polar surface area (TPSA) is 26.0 Å². The van der Waals surface area contributed by atoms with Gasteiger partial charge in [-0.15, -0.1) is 0 Å². The first-order valence-electron chi connectivity index (χ1n) is 5.09. The first-order chi connectivity index (χ1) is 7.70. The zero-order chi connectivity index (χ0) is 12.2. The summed E-state index contributed by atoms with van der Waals surface area (Å²) in [6, 6.07) is 7.94. The Bertz CT molecular complexity index is 318. The predicted molar refractivity (Wildman–Crippen MR) is 64.1 cm³/mol. The molecule has 0 atom stereocenters. The van der Waals surface area contributed by atoms with Crippen LogP contribution in [0, 0.1) is 5.82 Å². The van der Waals surface area contributed by atoms with Gasteiger partial charge in [-0.25, -0.2) is 8.78 Å². The highest BCUT2D eigenvalue weighted by Gasteiger charge is 1.80. The molecular weight excluding hydrogens is 208 g/mol. The van der Waals surface area contributed by atoms with Crippen molar-refractivity contribution in [3.05, 3.63) is 60.2 Å². The smallest absolute Gasteiger partial charge is 0.123 e. The van der Waals surface area contributed by atoms with Crippen molar-refractivity contribution in [2.45, 2.75) is 13.3 Å². The summed E-state index contributed by atoms with van der Waals surface area (Å²) >= 11 is 0. The van der Waals surface area contributed by atoms with Crippen molar-refractivity contribution in [2.24, 2.45) is 5.73 Å². The minimum atomic E-state index is -0.205. The lowest BCUT2D eigenvalue weighted by Crippen LogP contribution is -1.94. The maximum atomic E-state index is 12.2. The number of benzene rings is 1. The average molecular weight is 225 g/mol. The second-order valence-corrected chi connectivity index (χ2v) is 2.95. The van der Waals surface area contributed by atoms with E-state index in [1.165, 1.54) is 24.3 Å². The molecule has 0 aliphatic heterocycles. The van der Waals surface area contributed by atoms with E-state index in [-0.39, 0.29) is 11.6 Å². The van der Waals surface area contributed by atoms with Crippen LogP contribution in [0.25, 0.3) is 0 Å². The van der Waals surface area contributed by atoms with Crippen molar-refractivity contribution in [1.82, 2.24) is 0 Å². The molecule has 0 bridgehead atoms. The number of halogens is 2.